The molecule has 4 nitrogen and oxygen atoms in total. The summed E-state index contributed by atoms with van der Waals surface area (Å²) in [6, 6.07) is 14.5. The smallest absolute Gasteiger partial charge is 0.422 e. The quantitative estimate of drug-likeness (QED) is 0.575. The van der Waals surface area contributed by atoms with Gasteiger partial charge in [0.2, 0.25) is 0 Å². The number of ether oxygens (including phenoxy) is 2. The van der Waals surface area contributed by atoms with Crippen molar-refractivity contribution in [2.45, 2.75) is 44.9 Å². The molecule has 2 atom stereocenters. The van der Waals surface area contributed by atoms with E-state index >= 15 is 0 Å². The van der Waals surface area contributed by atoms with Crippen LogP contribution in [-0.2, 0) is 4.79 Å². The van der Waals surface area contributed by atoms with Gasteiger partial charge < -0.3 is 19.2 Å². The number of carbonyl (C=O) groups excluding carboxylic acids is 1. The van der Waals surface area contributed by atoms with Gasteiger partial charge in [0.1, 0.15) is 23.4 Å². The van der Waals surface area contributed by atoms with E-state index < -0.39 is 12.8 Å². The van der Waals surface area contributed by atoms with E-state index in [1.165, 1.54) is 0 Å². The molecular weight excluding hydrogens is 395 g/mol. The van der Waals surface area contributed by atoms with E-state index in [4.69, 9.17) is 9.47 Å². The average Bonchev–Trinajstić information content (AvgIpc) is 3.15. The van der Waals surface area contributed by atoms with Gasteiger partial charge in [-0.15, -0.1) is 0 Å². The van der Waals surface area contributed by atoms with E-state index in [0.717, 1.165) is 30.0 Å². The number of ketones is 1. The topological polar surface area (TPSA) is 38.8 Å². The Labute approximate surface area is 174 Å². The predicted molar refractivity (Wildman–Crippen MR) is 109 cm³/mol. The molecule has 0 amide bonds. The maximum Gasteiger partial charge on any atom is 0.422 e. The van der Waals surface area contributed by atoms with E-state index in [-0.39, 0.29) is 23.6 Å². The second-order valence-corrected chi connectivity index (χ2v) is 7.75. The van der Waals surface area contributed by atoms with Crippen molar-refractivity contribution in [2.75, 3.05) is 24.6 Å². The zero-order chi connectivity index (χ0) is 21.7. The lowest BCUT2D eigenvalue weighted by atomic mass is 9.96. The Morgan fingerprint density at radius 3 is 2.33 bits per heavy atom. The minimum Gasteiger partial charge on any atom is -0.489 e. The van der Waals surface area contributed by atoms with Crippen molar-refractivity contribution < 1.29 is 27.4 Å². The molecule has 1 saturated heterocycles. The van der Waals surface area contributed by atoms with Crippen LogP contribution in [0, 0.1) is 0 Å². The van der Waals surface area contributed by atoms with Gasteiger partial charge in [0.25, 0.3) is 0 Å². The molecule has 1 aliphatic rings. The van der Waals surface area contributed by atoms with Gasteiger partial charge in [-0.1, -0.05) is 19.1 Å². The Kier molecular flexibility index (Phi) is 6.90. The molecular formula is C23H26F3NO3. The van der Waals surface area contributed by atoms with Crippen LogP contribution in [0.15, 0.2) is 48.5 Å². The minimum absolute atomic E-state index is 0.0339. The molecule has 0 spiro atoms. The van der Waals surface area contributed by atoms with Gasteiger partial charge in [0.15, 0.2) is 6.61 Å². The van der Waals surface area contributed by atoms with Crippen molar-refractivity contribution in [3.05, 3.63) is 54.1 Å². The summed E-state index contributed by atoms with van der Waals surface area (Å²) in [4.78, 5) is 13.4. The highest BCUT2D eigenvalue weighted by molar-refractivity contribution is 5.76. The third kappa shape index (κ3) is 6.40. The lowest BCUT2D eigenvalue weighted by molar-refractivity contribution is -0.153. The molecule has 0 saturated carbocycles. The van der Waals surface area contributed by atoms with E-state index in [1.807, 2.05) is 31.2 Å². The fourth-order valence-corrected chi connectivity index (χ4v) is 3.59. The van der Waals surface area contributed by atoms with Crippen LogP contribution in [0.2, 0.25) is 0 Å². The third-order valence-electron chi connectivity index (χ3n) is 5.09. The number of nitrogens with zero attached hydrogens (tertiary/aromatic N) is 1. The number of rotatable bonds is 8. The molecule has 1 heterocycles. The standard InChI is InChI=1S/C23H26F3NO3/c1-16(13-17(2)28)18-3-7-21(8-4-18)30-22-11-12-27(14-22)19-5-9-20(10-6-19)29-15-23(24,25)26/h3-10,16,22H,11-15H2,1-2H3/t16-,22?/m1/s1. The van der Waals surface area contributed by atoms with Crippen LogP contribution in [0.3, 0.4) is 0 Å². The van der Waals surface area contributed by atoms with Gasteiger partial charge in [-0.2, -0.15) is 13.2 Å². The summed E-state index contributed by atoms with van der Waals surface area (Å²) in [6.45, 7) is 3.85. The molecule has 0 bridgehead atoms. The predicted octanol–water partition coefficient (Wildman–Crippen LogP) is 5.37. The Balaban J connectivity index is 1.51. The molecule has 30 heavy (non-hydrogen) atoms. The largest absolute Gasteiger partial charge is 0.489 e. The highest BCUT2D eigenvalue weighted by Crippen LogP contribution is 2.27. The van der Waals surface area contributed by atoms with Gasteiger partial charge in [-0.05, 0) is 54.8 Å². The highest BCUT2D eigenvalue weighted by Gasteiger charge is 2.28. The van der Waals surface area contributed by atoms with Gasteiger partial charge >= 0.3 is 6.18 Å². The Morgan fingerprint density at radius 1 is 1.10 bits per heavy atom. The van der Waals surface area contributed by atoms with Crippen molar-refractivity contribution in [2.24, 2.45) is 0 Å². The number of halogens is 3. The lowest BCUT2D eigenvalue weighted by Crippen LogP contribution is -2.24. The molecule has 1 aliphatic heterocycles. The van der Waals surface area contributed by atoms with Gasteiger partial charge in [0, 0.05) is 25.1 Å². The lowest BCUT2D eigenvalue weighted by Gasteiger charge is -2.20. The first-order valence-electron chi connectivity index (χ1n) is 10.0. The molecule has 0 radical (unpaired) electrons. The molecule has 162 valence electrons. The monoisotopic (exact) mass is 421 g/mol. The SMILES string of the molecule is CC(=O)C[C@@H](C)c1ccc(OC2CCN(c3ccc(OCC(F)(F)F)cc3)C2)cc1. The number of benzene rings is 2. The molecule has 2 aromatic rings. The number of Topliss-reactive ketones (excluding diaryl/α,β-unsaturated/α-hetero) is 1. The maximum absolute atomic E-state index is 12.2. The summed E-state index contributed by atoms with van der Waals surface area (Å²) in [5.41, 5.74) is 2.03. The summed E-state index contributed by atoms with van der Waals surface area (Å²) >= 11 is 0. The van der Waals surface area contributed by atoms with E-state index in [1.54, 1.807) is 31.2 Å². The van der Waals surface area contributed by atoms with E-state index in [9.17, 15) is 18.0 Å². The zero-order valence-electron chi connectivity index (χ0n) is 17.1. The van der Waals surface area contributed by atoms with Gasteiger partial charge in [0.05, 0.1) is 6.54 Å². The first-order chi connectivity index (χ1) is 14.2. The van der Waals surface area contributed by atoms with Crippen LogP contribution >= 0.6 is 0 Å². The van der Waals surface area contributed by atoms with Crippen LogP contribution < -0.4 is 14.4 Å². The molecule has 1 unspecified atom stereocenters. The Bertz CT molecular complexity index is 834. The van der Waals surface area contributed by atoms with Gasteiger partial charge in [-0.3, -0.25) is 0 Å². The van der Waals surface area contributed by atoms with Crippen molar-refractivity contribution in [3.63, 3.8) is 0 Å². The number of anilines is 1. The number of hydrogen-bond acceptors (Lipinski definition) is 4. The summed E-state index contributed by atoms with van der Waals surface area (Å²) in [5.74, 6) is 1.34. The maximum atomic E-state index is 12.2. The third-order valence-corrected chi connectivity index (χ3v) is 5.09. The van der Waals surface area contributed by atoms with Crippen LogP contribution in [0.5, 0.6) is 11.5 Å². The minimum atomic E-state index is -4.35. The molecule has 0 aromatic heterocycles. The Morgan fingerprint density at radius 2 is 1.73 bits per heavy atom. The molecule has 2 aromatic carbocycles. The first-order valence-corrected chi connectivity index (χ1v) is 10.0. The second kappa shape index (κ2) is 9.41. The molecule has 7 heteroatoms. The molecule has 0 aliphatic carbocycles. The first kappa shape index (κ1) is 22.0. The number of hydrogen-bond donors (Lipinski definition) is 0. The van der Waals surface area contributed by atoms with Crippen molar-refractivity contribution in [1.82, 2.24) is 0 Å². The van der Waals surface area contributed by atoms with Crippen LogP contribution in [0.1, 0.15) is 38.2 Å². The van der Waals surface area contributed by atoms with Gasteiger partial charge in [-0.25, -0.2) is 0 Å². The van der Waals surface area contributed by atoms with Crippen LogP contribution in [-0.4, -0.2) is 37.8 Å². The number of alkyl halides is 3. The summed E-state index contributed by atoms with van der Waals surface area (Å²) in [6.07, 6.45) is -2.93. The van der Waals surface area contributed by atoms with Crippen molar-refractivity contribution >= 4 is 11.5 Å². The summed E-state index contributed by atoms with van der Waals surface area (Å²) in [7, 11) is 0. The highest BCUT2D eigenvalue weighted by atomic mass is 19.4. The Hall–Kier alpha value is -2.70. The summed E-state index contributed by atoms with van der Waals surface area (Å²) in [5, 5.41) is 0. The average molecular weight is 421 g/mol. The zero-order valence-corrected chi connectivity index (χ0v) is 17.1. The van der Waals surface area contributed by atoms with Crippen LogP contribution in [0.4, 0.5) is 18.9 Å². The van der Waals surface area contributed by atoms with Crippen molar-refractivity contribution in [1.29, 1.82) is 0 Å². The second-order valence-electron chi connectivity index (χ2n) is 7.75. The molecule has 1 fully saturated rings. The summed E-state index contributed by atoms with van der Waals surface area (Å²) < 4.78 is 47.6. The fourth-order valence-electron chi connectivity index (χ4n) is 3.59. The van der Waals surface area contributed by atoms with E-state index in [2.05, 4.69) is 4.90 Å². The molecule has 0 N–H and O–H groups in total. The normalized spacial score (nSPS) is 17.6. The molecule has 3 rings (SSSR count). The fraction of sp³-hybridized carbons (Fsp3) is 0.435. The number of carbonyl (C=O) groups is 1. The van der Waals surface area contributed by atoms with E-state index in [0.29, 0.717) is 13.0 Å². The van der Waals surface area contributed by atoms with Crippen molar-refractivity contribution in [3.8, 4) is 11.5 Å². The van der Waals surface area contributed by atoms with Crippen LogP contribution in [0.25, 0.3) is 0 Å².